The van der Waals surface area contributed by atoms with E-state index in [0.29, 0.717) is 12.1 Å². The minimum Gasteiger partial charge on any atom is -0.385 e. The van der Waals surface area contributed by atoms with Gasteiger partial charge >= 0.3 is 0 Å². The molecule has 2 N–H and O–H groups in total. The topological polar surface area (TPSA) is 58.1 Å². The fourth-order valence-electron chi connectivity index (χ4n) is 4.31. The van der Waals surface area contributed by atoms with Crippen molar-refractivity contribution in [3.63, 3.8) is 0 Å². The van der Waals surface area contributed by atoms with Crippen LogP contribution in [0.1, 0.15) is 77.6 Å². The number of hydrogen-bond acceptors (Lipinski definition) is 4. The molecular formula is C23H47IN4O2. The lowest BCUT2D eigenvalue weighted by Crippen LogP contribution is -2.48. The van der Waals surface area contributed by atoms with Crippen molar-refractivity contribution in [2.45, 2.75) is 89.7 Å². The second kappa shape index (κ2) is 18.5. The van der Waals surface area contributed by atoms with Crippen molar-refractivity contribution in [2.75, 3.05) is 53.0 Å². The monoisotopic (exact) mass is 538 g/mol. The molecule has 0 spiro atoms. The summed E-state index contributed by atoms with van der Waals surface area (Å²) in [5.74, 6) is 0.981. The van der Waals surface area contributed by atoms with Crippen molar-refractivity contribution >= 4 is 29.9 Å². The first-order valence-electron chi connectivity index (χ1n) is 12.2. The van der Waals surface area contributed by atoms with Gasteiger partial charge in [-0.25, -0.2) is 0 Å². The van der Waals surface area contributed by atoms with E-state index in [1.165, 1.54) is 64.5 Å². The molecule has 178 valence electrons. The lowest BCUT2D eigenvalue weighted by molar-refractivity contribution is 0.0413. The van der Waals surface area contributed by atoms with Gasteiger partial charge in [-0.2, -0.15) is 0 Å². The average Bonchev–Trinajstić information content (AvgIpc) is 3.01. The smallest absolute Gasteiger partial charge is 0.191 e. The highest BCUT2D eigenvalue weighted by Crippen LogP contribution is 2.20. The zero-order valence-electron chi connectivity index (χ0n) is 19.5. The number of likely N-dealkylation sites (tertiary alicyclic amines) is 1. The van der Waals surface area contributed by atoms with Crippen LogP contribution in [-0.2, 0) is 9.47 Å². The van der Waals surface area contributed by atoms with E-state index >= 15 is 0 Å². The van der Waals surface area contributed by atoms with Crippen LogP contribution in [0.2, 0.25) is 0 Å². The number of nitrogens with zero attached hydrogens (tertiary/aromatic N) is 2. The number of rotatable bonds is 12. The number of ether oxygens (including phenoxy) is 2. The molecule has 1 aliphatic heterocycles. The average molecular weight is 539 g/mol. The minimum absolute atomic E-state index is 0. The Bertz CT molecular complexity index is 423. The fourth-order valence-corrected chi connectivity index (χ4v) is 4.31. The summed E-state index contributed by atoms with van der Waals surface area (Å²) in [5, 5.41) is 7.06. The molecule has 1 aliphatic carbocycles. The van der Waals surface area contributed by atoms with E-state index in [4.69, 9.17) is 14.5 Å². The third kappa shape index (κ3) is 12.7. The highest BCUT2D eigenvalue weighted by atomic mass is 127. The summed E-state index contributed by atoms with van der Waals surface area (Å²) < 4.78 is 11.3. The summed E-state index contributed by atoms with van der Waals surface area (Å²) in [6.07, 6.45) is 14.2. The standard InChI is InChI=1S/C23H46N4O2.HI/c1-3-24-23(26-21-13-17-27(18-14-21)16-10-19-28-2)25-15-8-9-20-29-22-11-6-4-5-7-12-22;/h21-22H,3-20H2,1-2H3,(H2,24,25,26);1H. The second-order valence-electron chi connectivity index (χ2n) is 8.56. The normalized spacial score (nSPS) is 19.9. The number of halogens is 1. The summed E-state index contributed by atoms with van der Waals surface area (Å²) in [6.45, 7) is 9.16. The van der Waals surface area contributed by atoms with Crippen LogP contribution in [0.4, 0.5) is 0 Å². The van der Waals surface area contributed by atoms with E-state index in [0.717, 1.165) is 58.1 Å². The predicted octanol–water partition coefficient (Wildman–Crippen LogP) is 4.18. The van der Waals surface area contributed by atoms with Crippen LogP contribution >= 0.6 is 24.0 Å². The number of methoxy groups -OCH3 is 1. The fraction of sp³-hybridized carbons (Fsp3) is 0.957. The van der Waals surface area contributed by atoms with Crippen LogP contribution in [0.15, 0.2) is 4.99 Å². The molecule has 0 amide bonds. The highest BCUT2D eigenvalue weighted by Gasteiger charge is 2.19. The molecule has 2 aliphatic rings. The summed E-state index contributed by atoms with van der Waals surface area (Å²) in [5.41, 5.74) is 0. The number of hydrogen-bond donors (Lipinski definition) is 2. The number of piperidine rings is 1. The quantitative estimate of drug-likeness (QED) is 0.128. The molecule has 2 rings (SSSR count). The summed E-state index contributed by atoms with van der Waals surface area (Å²) in [6, 6.07) is 0.532. The molecule has 30 heavy (non-hydrogen) atoms. The SMILES string of the molecule is CCNC(=NCCCCOC1CCCCCC1)NC1CCN(CCCOC)CC1.I. The van der Waals surface area contributed by atoms with Gasteiger partial charge in [0.25, 0.3) is 0 Å². The Hall–Kier alpha value is -0.120. The van der Waals surface area contributed by atoms with Gasteiger partial charge in [-0.3, -0.25) is 4.99 Å². The van der Waals surface area contributed by atoms with E-state index in [9.17, 15) is 0 Å². The minimum atomic E-state index is 0. The van der Waals surface area contributed by atoms with Gasteiger partial charge in [0.2, 0.25) is 0 Å². The van der Waals surface area contributed by atoms with Gasteiger partial charge in [-0.15, -0.1) is 24.0 Å². The summed E-state index contributed by atoms with van der Waals surface area (Å²) in [7, 11) is 1.78. The van der Waals surface area contributed by atoms with E-state index in [1.807, 2.05) is 0 Å². The number of aliphatic imine (C=N–C) groups is 1. The molecule has 0 unspecified atom stereocenters. The van der Waals surface area contributed by atoms with Gasteiger partial charge in [-0.1, -0.05) is 25.7 Å². The van der Waals surface area contributed by atoms with Gasteiger partial charge < -0.3 is 25.0 Å². The molecule has 1 saturated carbocycles. The second-order valence-corrected chi connectivity index (χ2v) is 8.56. The van der Waals surface area contributed by atoms with Crippen LogP contribution < -0.4 is 10.6 Å². The van der Waals surface area contributed by atoms with Gasteiger partial charge in [-0.05, 0) is 51.9 Å². The van der Waals surface area contributed by atoms with Crippen LogP contribution in [0, 0.1) is 0 Å². The highest BCUT2D eigenvalue weighted by molar-refractivity contribution is 14.0. The van der Waals surface area contributed by atoms with Crippen molar-refractivity contribution in [1.82, 2.24) is 15.5 Å². The molecule has 0 aromatic carbocycles. The van der Waals surface area contributed by atoms with E-state index < -0.39 is 0 Å². The molecule has 1 heterocycles. The lowest BCUT2D eigenvalue weighted by Gasteiger charge is -2.33. The third-order valence-corrected chi connectivity index (χ3v) is 6.07. The Kier molecular flexibility index (Phi) is 17.2. The number of guanidine groups is 1. The Morgan fingerprint density at radius 2 is 1.70 bits per heavy atom. The molecule has 0 aromatic heterocycles. The van der Waals surface area contributed by atoms with E-state index in [1.54, 1.807) is 7.11 Å². The molecule has 0 atom stereocenters. The van der Waals surface area contributed by atoms with Crippen LogP contribution in [0.25, 0.3) is 0 Å². The van der Waals surface area contributed by atoms with Crippen molar-refractivity contribution in [3.8, 4) is 0 Å². The zero-order chi connectivity index (χ0) is 20.6. The number of unbranched alkanes of at least 4 members (excludes halogenated alkanes) is 1. The Balaban J connectivity index is 0.00000450. The molecule has 2 fully saturated rings. The van der Waals surface area contributed by atoms with Crippen molar-refractivity contribution < 1.29 is 9.47 Å². The molecule has 0 bridgehead atoms. The van der Waals surface area contributed by atoms with Gasteiger partial charge in [0.05, 0.1) is 6.10 Å². The first kappa shape index (κ1) is 27.9. The van der Waals surface area contributed by atoms with Crippen molar-refractivity contribution in [1.29, 1.82) is 0 Å². The predicted molar refractivity (Wildman–Crippen MR) is 137 cm³/mol. The maximum absolute atomic E-state index is 6.09. The van der Waals surface area contributed by atoms with Gasteiger partial charge in [0.15, 0.2) is 5.96 Å². The van der Waals surface area contributed by atoms with E-state index in [-0.39, 0.29) is 24.0 Å². The molecule has 0 aromatic rings. The van der Waals surface area contributed by atoms with Gasteiger partial charge in [0, 0.05) is 59.1 Å². The molecule has 7 heteroatoms. The molecular weight excluding hydrogens is 491 g/mol. The largest absolute Gasteiger partial charge is 0.385 e. The maximum atomic E-state index is 6.09. The van der Waals surface area contributed by atoms with E-state index in [2.05, 4.69) is 22.5 Å². The molecule has 1 saturated heterocycles. The van der Waals surface area contributed by atoms with Crippen LogP contribution in [0.3, 0.4) is 0 Å². The third-order valence-electron chi connectivity index (χ3n) is 6.07. The summed E-state index contributed by atoms with van der Waals surface area (Å²) in [4.78, 5) is 7.35. The van der Waals surface area contributed by atoms with Crippen molar-refractivity contribution in [3.05, 3.63) is 0 Å². The Labute approximate surface area is 202 Å². The van der Waals surface area contributed by atoms with Crippen molar-refractivity contribution in [2.24, 2.45) is 4.99 Å². The Morgan fingerprint density at radius 1 is 0.967 bits per heavy atom. The number of nitrogens with one attached hydrogen (secondary N) is 2. The Morgan fingerprint density at radius 3 is 2.37 bits per heavy atom. The van der Waals surface area contributed by atoms with Gasteiger partial charge in [0.1, 0.15) is 0 Å². The van der Waals surface area contributed by atoms with Crippen LogP contribution in [0.5, 0.6) is 0 Å². The lowest BCUT2D eigenvalue weighted by atomic mass is 10.1. The summed E-state index contributed by atoms with van der Waals surface area (Å²) >= 11 is 0. The van der Waals surface area contributed by atoms with Crippen LogP contribution in [-0.4, -0.2) is 76.1 Å². The maximum Gasteiger partial charge on any atom is 0.191 e. The first-order valence-corrected chi connectivity index (χ1v) is 12.2. The zero-order valence-corrected chi connectivity index (χ0v) is 21.8. The first-order chi connectivity index (χ1) is 14.3. The molecule has 6 nitrogen and oxygen atoms in total. The molecule has 0 radical (unpaired) electrons.